The number of carbonyl (C=O) groups excluding carboxylic acids is 1. The lowest BCUT2D eigenvalue weighted by Gasteiger charge is -2.18. The lowest BCUT2D eigenvalue weighted by Crippen LogP contribution is -2.33. The van der Waals surface area contributed by atoms with E-state index >= 15 is 0 Å². The second-order valence-electron chi connectivity index (χ2n) is 3.58. The minimum absolute atomic E-state index is 0.251. The number of rotatable bonds is 5. The lowest BCUT2D eigenvalue weighted by atomic mass is 10.3. The highest BCUT2D eigenvalue weighted by atomic mass is 16.5. The summed E-state index contributed by atoms with van der Waals surface area (Å²) in [4.78, 5) is 23.6. The molecule has 0 aliphatic heterocycles. The van der Waals surface area contributed by atoms with Gasteiger partial charge in [0.25, 0.3) is 5.91 Å². The normalized spacial score (nSPS) is 11.9. The Morgan fingerprint density at radius 1 is 1.35 bits per heavy atom. The third-order valence-corrected chi connectivity index (χ3v) is 2.32. The number of amides is 1. The average Bonchev–Trinajstić information content (AvgIpc) is 2.35. The number of para-hydroxylation sites is 1. The summed E-state index contributed by atoms with van der Waals surface area (Å²) >= 11 is 0. The molecule has 0 aromatic heterocycles. The third-order valence-electron chi connectivity index (χ3n) is 2.32. The van der Waals surface area contributed by atoms with Crippen molar-refractivity contribution in [3.63, 3.8) is 0 Å². The van der Waals surface area contributed by atoms with E-state index in [9.17, 15) is 9.59 Å². The number of nitrogens with zero attached hydrogens (tertiary/aromatic N) is 1. The molecule has 5 heteroatoms. The van der Waals surface area contributed by atoms with Gasteiger partial charge in [-0.15, -0.1) is 0 Å². The van der Waals surface area contributed by atoms with Gasteiger partial charge >= 0.3 is 5.97 Å². The molecule has 0 aliphatic rings. The molecule has 0 spiro atoms. The molecule has 0 fully saturated rings. The highest BCUT2D eigenvalue weighted by Crippen LogP contribution is 2.11. The second-order valence-corrected chi connectivity index (χ2v) is 3.58. The molecule has 0 unspecified atom stereocenters. The summed E-state index contributed by atoms with van der Waals surface area (Å²) in [6.45, 7) is 1.14. The zero-order chi connectivity index (χ0) is 12.8. The van der Waals surface area contributed by atoms with Crippen molar-refractivity contribution in [1.29, 1.82) is 0 Å². The Labute approximate surface area is 99.6 Å². The van der Waals surface area contributed by atoms with Crippen molar-refractivity contribution < 1.29 is 19.4 Å². The molecule has 0 heterocycles. The van der Waals surface area contributed by atoms with Gasteiger partial charge < -0.3 is 14.7 Å². The molecule has 0 saturated carbocycles. The number of hydrogen-bond acceptors (Lipinski definition) is 3. The Hall–Kier alpha value is -1.88. The standard InChI is InChI=1S/C12H15NO4/c1-9(12(15)16)17-8-11(14)13(2)10-6-4-3-5-7-10/h3-7,9H,8H2,1-2H3,(H,15,16)/t9-/m0/s1. The zero-order valence-electron chi connectivity index (χ0n) is 9.79. The highest BCUT2D eigenvalue weighted by Gasteiger charge is 2.16. The predicted octanol–water partition coefficient (Wildman–Crippen LogP) is 1.14. The van der Waals surface area contributed by atoms with E-state index in [1.807, 2.05) is 18.2 Å². The summed E-state index contributed by atoms with van der Waals surface area (Å²) in [6.07, 6.45) is -0.983. The number of carboxylic acid groups (broad SMARTS) is 1. The Bertz CT molecular complexity index is 391. The number of carbonyl (C=O) groups is 2. The largest absolute Gasteiger partial charge is 0.479 e. The van der Waals surface area contributed by atoms with Crippen LogP contribution in [-0.2, 0) is 14.3 Å². The van der Waals surface area contributed by atoms with Gasteiger partial charge in [-0.2, -0.15) is 0 Å². The first-order valence-electron chi connectivity index (χ1n) is 5.18. The SMILES string of the molecule is C[C@H](OCC(=O)N(C)c1ccccc1)C(=O)O. The molecular formula is C12H15NO4. The minimum Gasteiger partial charge on any atom is -0.479 e. The summed E-state index contributed by atoms with van der Waals surface area (Å²) in [5, 5.41) is 8.60. The lowest BCUT2D eigenvalue weighted by molar-refractivity contribution is -0.150. The number of aliphatic carboxylic acids is 1. The van der Waals surface area contributed by atoms with Crippen LogP contribution in [0.4, 0.5) is 5.69 Å². The summed E-state index contributed by atoms with van der Waals surface area (Å²) in [6, 6.07) is 9.07. The van der Waals surface area contributed by atoms with E-state index in [0.29, 0.717) is 0 Å². The van der Waals surface area contributed by atoms with Crippen LogP contribution in [0.25, 0.3) is 0 Å². The quantitative estimate of drug-likeness (QED) is 0.833. The fourth-order valence-corrected chi connectivity index (χ4v) is 1.16. The molecule has 17 heavy (non-hydrogen) atoms. The molecular weight excluding hydrogens is 222 g/mol. The third kappa shape index (κ3) is 3.88. The van der Waals surface area contributed by atoms with Crippen LogP contribution in [0.15, 0.2) is 30.3 Å². The Balaban J connectivity index is 2.51. The number of benzene rings is 1. The van der Waals surface area contributed by atoms with Crippen molar-refractivity contribution in [2.75, 3.05) is 18.6 Å². The van der Waals surface area contributed by atoms with E-state index < -0.39 is 12.1 Å². The van der Waals surface area contributed by atoms with Crippen LogP contribution < -0.4 is 4.90 Å². The first-order valence-corrected chi connectivity index (χ1v) is 5.18. The van der Waals surface area contributed by atoms with Gasteiger partial charge in [-0.1, -0.05) is 18.2 Å². The van der Waals surface area contributed by atoms with Crippen molar-refractivity contribution in [1.82, 2.24) is 0 Å². The first kappa shape index (κ1) is 13.2. The maximum absolute atomic E-state index is 11.7. The molecule has 0 bridgehead atoms. The minimum atomic E-state index is -1.08. The Morgan fingerprint density at radius 2 is 1.94 bits per heavy atom. The van der Waals surface area contributed by atoms with Crippen molar-refractivity contribution >= 4 is 17.6 Å². The van der Waals surface area contributed by atoms with E-state index in [-0.39, 0.29) is 12.5 Å². The van der Waals surface area contributed by atoms with Crippen molar-refractivity contribution in [3.05, 3.63) is 30.3 Å². The molecule has 1 N–H and O–H groups in total. The molecule has 0 saturated heterocycles. The van der Waals surface area contributed by atoms with Crippen LogP contribution in [0.3, 0.4) is 0 Å². The second kappa shape index (κ2) is 6.00. The monoisotopic (exact) mass is 237 g/mol. The Morgan fingerprint density at radius 3 is 2.47 bits per heavy atom. The Kier molecular flexibility index (Phi) is 4.66. The summed E-state index contributed by atoms with van der Waals surface area (Å²) in [5.41, 5.74) is 0.740. The molecule has 1 atom stereocenters. The van der Waals surface area contributed by atoms with E-state index in [0.717, 1.165) is 5.69 Å². The zero-order valence-corrected chi connectivity index (χ0v) is 9.79. The maximum atomic E-state index is 11.7. The molecule has 1 amide bonds. The molecule has 0 radical (unpaired) electrons. The summed E-state index contributed by atoms with van der Waals surface area (Å²) in [7, 11) is 1.62. The van der Waals surface area contributed by atoms with E-state index in [1.165, 1.54) is 11.8 Å². The maximum Gasteiger partial charge on any atom is 0.332 e. The van der Waals surface area contributed by atoms with Crippen LogP contribution in [0.5, 0.6) is 0 Å². The number of ether oxygens (including phenoxy) is 1. The van der Waals surface area contributed by atoms with Gasteiger partial charge in [0.05, 0.1) is 0 Å². The molecule has 1 aromatic carbocycles. The number of anilines is 1. The van der Waals surface area contributed by atoms with Crippen LogP contribution in [-0.4, -0.2) is 36.7 Å². The average molecular weight is 237 g/mol. The smallest absolute Gasteiger partial charge is 0.332 e. The van der Waals surface area contributed by atoms with Crippen molar-refractivity contribution in [2.45, 2.75) is 13.0 Å². The number of hydrogen-bond donors (Lipinski definition) is 1. The highest BCUT2D eigenvalue weighted by molar-refractivity contribution is 5.93. The van der Waals surface area contributed by atoms with Gasteiger partial charge in [0.1, 0.15) is 6.61 Å². The van der Waals surface area contributed by atoms with Gasteiger partial charge in [0.2, 0.25) is 0 Å². The van der Waals surface area contributed by atoms with Gasteiger partial charge in [-0.25, -0.2) is 4.79 Å². The van der Waals surface area contributed by atoms with Crippen molar-refractivity contribution in [2.24, 2.45) is 0 Å². The van der Waals surface area contributed by atoms with Crippen LogP contribution in [0.2, 0.25) is 0 Å². The van der Waals surface area contributed by atoms with Crippen LogP contribution in [0, 0.1) is 0 Å². The topological polar surface area (TPSA) is 66.8 Å². The fourth-order valence-electron chi connectivity index (χ4n) is 1.16. The van der Waals surface area contributed by atoms with Gasteiger partial charge in [-0.3, -0.25) is 4.79 Å². The van der Waals surface area contributed by atoms with Crippen molar-refractivity contribution in [3.8, 4) is 0 Å². The van der Waals surface area contributed by atoms with Gasteiger partial charge in [0.15, 0.2) is 6.10 Å². The van der Waals surface area contributed by atoms with Gasteiger partial charge in [0, 0.05) is 12.7 Å². The number of likely N-dealkylation sites (N-methyl/N-ethyl adjacent to an activating group) is 1. The molecule has 92 valence electrons. The predicted molar refractivity (Wildman–Crippen MR) is 62.9 cm³/mol. The molecule has 5 nitrogen and oxygen atoms in total. The van der Waals surface area contributed by atoms with Crippen LogP contribution >= 0.6 is 0 Å². The number of carboxylic acids is 1. The summed E-state index contributed by atoms with van der Waals surface area (Å²) in [5.74, 6) is -1.37. The molecule has 1 rings (SSSR count). The fraction of sp³-hybridized carbons (Fsp3) is 0.333. The molecule has 1 aromatic rings. The molecule has 0 aliphatic carbocycles. The van der Waals surface area contributed by atoms with Crippen LogP contribution in [0.1, 0.15) is 6.92 Å². The summed E-state index contributed by atoms with van der Waals surface area (Å²) < 4.78 is 4.92. The van der Waals surface area contributed by atoms with E-state index in [2.05, 4.69) is 0 Å². The van der Waals surface area contributed by atoms with E-state index in [4.69, 9.17) is 9.84 Å². The van der Waals surface area contributed by atoms with E-state index in [1.54, 1.807) is 19.2 Å². The first-order chi connectivity index (χ1) is 8.02. The van der Waals surface area contributed by atoms with Gasteiger partial charge in [-0.05, 0) is 19.1 Å².